The van der Waals surface area contributed by atoms with Gasteiger partial charge in [-0.25, -0.2) is 24.2 Å². The molecule has 1 heterocycles. The summed E-state index contributed by atoms with van der Waals surface area (Å²) in [6.07, 6.45) is 0. The first kappa shape index (κ1) is 18.0. The van der Waals surface area contributed by atoms with Gasteiger partial charge in [0.15, 0.2) is 17.5 Å². The molecular formula is C23H12FN5. The molecular weight excluding hydrogens is 365 g/mol. The van der Waals surface area contributed by atoms with Gasteiger partial charge in [-0.1, -0.05) is 60.7 Å². The van der Waals surface area contributed by atoms with Gasteiger partial charge in [0, 0.05) is 16.7 Å². The molecule has 0 spiro atoms. The number of halogens is 1. The van der Waals surface area contributed by atoms with Crippen molar-refractivity contribution in [2.75, 3.05) is 0 Å². The third-order valence-electron chi connectivity index (χ3n) is 4.25. The molecule has 0 amide bonds. The average molecular weight is 377 g/mol. The Hall–Kier alpha value is -4.42. The van der Waals surface area contributed by atoms with Crippen molar-refractivity contribution in [1.82, 2.24) is 15.0 Å². The van der Waals surface area contributed by atoms with Crippen LogP contribution in [0.1, 0.15) is 5.56 Å². The van der Waals surface area contributed by atoms with Gasteiger partial charge in [-0.15, -0.1) is 0 Å². The molecule has 0 bridgehead atoms. The van der Waals surface area contributed by atoms with Gasteiger partial charge in [-0.05, 0) is 12.1 Å². The van der Waals surface area contributed by atoms with Crippen molar-refractivity contribution in [3.8, 4) is 40.2 Å². The van der Waals surface area contributed by atoms with Gasteiger partial charge in [-0.2, -0.15) is 5.26 Å². The van der Waals surface area contributed by atoms with Crippen LogP contribution in [0.4, 0.5) is 10.1 Å². The molecule has 0 aliphatic heterocycles. The predicted molar refractivity (Wildman–Crippen MR) is 107 cm³/mol. The summed E-state index contributed by atoms with van der Waals surface area (Å²) in [6.45, 7) is 7.19. The van der Waals surface area contributed by atoms with Crippen molar-refractivity contribution >= 4 is 5.69 Å². The van der Waals surface area contributed by atoms with E-state index in [2.05, 4.69) is 19.8 Å². The zero-order valence-corrected chi connectivity index (χ0v) is 15.0. The van der Waals surface area contributed by atoms with Crippen molar-refractivity contribution in [3.05, 3.63) is 95.6 Å². The van der Waals surface area contributed by atoms with Crippen LogP contribution in [0.25, 0.3) is 39.0 Å². The van der Waals surface area contributed by atoms with Crippen molar-refractivity contribution in [2.24, 2.45) is 0 Å². The van der Waals surface area contributed by atoms with Gasteiger partial charge in [-0.3, -0.25) is 0 Å². The van der Waals surface area contributed by atoms with Crippen LogP contribution >= 0.6 is 0 Å². The van der Waals surface area contributed by atoms with Crippen LogP contribution in [0, 0.1) is 23.7 Å². The Kier molecular flexibility index (Phi) is 4.75. The van der Waals surface area contributed by atoms with Crippen LogP contribution in [0.2, 0.25) is 0 Å². The van der Waals surface area contributed by atoms with Gasteiger partial charge >= 0.3 is 0 Å². The second-order valence-corrected chi connectivity index (χ2v) is 6.12. The van der Waals surface area contributed by atoms with Crippen LogP contribution in [0.15, 0.2) is 72.8 Å². The SMILES string of the molecule is [C-]#[N+]c1cc(-c2nc(-c3ccccc3)nc(-c3ccccc3)n2)cc(C#N)c1F. The fourth-order valence-electron chi connectivity index (χ4n) is 2.84. The first-order valence-electron chi connectivity index (χ1n) is 8.68. The van der Waals surface area contributed by atoms with Crippen molar-refractivity contribution in [3.63, 3.8) is 0 Å². The fraction of sp³-hybridized carbons (Fsp3) is 0. The zero-order valence-electron chi connectivity index (χ0n) is 15.0. The van der Waals surface area contributed by atoms with Crippen LogP contribution in [0.3, 0.4) is 0 Å². The molecule has 5 nitrogen and oxygen atoms in total. The van der Waals surface area contributed by atoms with Crippen LogP contribution < -0.4 is 0 Å². The molecule has 0 N–H and O–H groups in total. The van der Waals surface area contributed by atoms with Gasteiger partial charge in [0.1, 0.15) is 11.9 Å². The number of hydrogen-bond acceptors (Lipinski definition) is 4. The minimum Gasteiger partial charge on any atom is -0.235 e. The summed E-state index contributed by atoms with van der Waals surface area (Å²) in [6, 6.07) is 23.3. The summed E-state index contributed by atoms with van der Waals surface area (Å²) in [5.41, 5.74) is 1.49. The van der Waals surface area contributed by atoms with Crippen LogP contribution in [-0.4, -0.2) is 15.0 Å². The summed E-state index contributed by atoms with van der Waals surface area (Å²) in [4.78, 5) is 16.8. The fourth-order valence-corrected chi connectivity index (χ4v) is 2.84. The Labute approximate surface area is 166 Å². The maximum atomic E-state index is 14.2. The van der Waals surface area contributed by atoms with E-state index < -0.39 is 5.82 Å². The van der Waals surface area contributed by atoms with Gasteiger partial charge in [0.05, 0.1) is 12.1 Å². The molecule has 29 heavy (non-hydrogen) atoms. The van der Waals surface area contributed by atoms with Gasteiger partial charge < -0.3 is 0 Å². The van der Waals surface area contributed by atoms with Crippen LogP contribution in [-0.2, 0) is 0 Å². The maximum absolute atomic E-state index is 14.2. The second kappa shape index (κ2) is 7.67. The Morgan fingerprint density at radius 1 is 0.759 bits per heavy atom. The van der Waals surface area contributed by atoms with Gasteiger partial charge in [0.25, 0.3) is 0 Å². The minimum absolute atomic E-state index is 0.226. The van der Waals surface area contributed by atoms with Gasteiger partial charge in [0.2, 0.25) is 5.69 Å². The topological polar surface area (TPSA) is 66.8 Å². The van der Waals surface area contributed by atoms with Crippen molar-refractivity contribution < 1.29 is 4.39 Å². The van der Waals surface area contributed by atoms with E-state index in [1.54, 1.807) is 6.07 Å². The molecule has 4 aromatic rings. The Balaban J connectivity index is 1.97. The lowest BCUT2D eigenvalue weighted by atomic mass is 10.1. The summed E-state index contributed by atoms with van der Waals surface area (Å²) in [5.74, 6) is 0.314. The molecule has 0 unspecified atom stereocenters. The number of nitriles is 1. The number of aromatic nitrogens is 3. The van der Waals surface area contributed by atoms with Crippen molar-refractivity contribution in [1.29, 1.82) is 5.26 Å². The lowest BCUT2D eigenvalue weighted by Crippen LogP contribution is -2.00. The molecule has 0 atom stereocenters. The highest BCUT2D eigenvalue weighted by atomic mass is 19.1. The van der Waals surface area contributed by atoms with E-state index in [9.17, 15) is 9.65 Å². The molecule has 6 heteroatoms. The number of hydrogen-bond donors (Lipinski definition) is 0. The monoisotopic (exact) mass is 377 g/mol. The molecule has 0 saturated heterocycles. The predicted octanol–water partition coefficient (Wildman–Crippen LogP) is 5.43. The van der Waals surface area contributed by atoms with E-state index in [1.807, 2.05) is 60.7 Å². The molecule has 0 aliphatic rings. The molecule has 1 aromatic heterocycles. The summed E-state index contributed by atoms with van der Waals surface area (Å²) < 4.78 is 14.2. The number of nitrogens with zero attached hydrogens (tertiary/aromatic N) is 5. The Morgan fingerprint density at radius 3 is 1.69 bits per heavy atom. The molecule has 0 saturated carbocycles. The highest BCUT2D eigenvalue weighted by Gasteiger charge is 2.16. The lowest BCUT2D eigenvalue weighted by Gasteiger charge is -2.09. The molecule has 3 aromatic carbocycles. The first-order chi connectivity index (χ1) is 14.2. The number of rotatable bonds is 3. The Morgan fingerprint density at radius 2 is 1.24 bits per heavy atom. The standard InChI is InChI=1S/C23H12FN5/c1-26-19-13-17(12-18(14-25)20(19)24)23-28-21(15-8-4-2-5-9-15)27-22(29-23)16-10-6-3-7-11-16/h2-13H. The normalized spacial score (nSPS) is 10.2. The zero-order chi connectivity index (χ0) is 20.2. The van der Waals surface area contributed by atoms with Crippen molar-refractivity contribution in [2.45, 2.75) is 0 Å². The highest BCUT2D eigenvalue weighted by Crippen LogP contribution is 2.30. The maximum Gasteiger partial charge on any atom is 0.224 e. The first-order valence-corrected chi connectivity index (χ1v) is 8.68. The van der Waals surface area contributed by atoms with E-state index in [-0.39, 0.29) is 17.1 Å². The Bertz CT molecular complexity index is 1180. The number of benzene rings is 3. The molecule has 0 fully saturated rings. The quantitative estimate of drug-likeness (QED) is 0.446. The minimum atomic E-state index is -0.841. The van der Waals surface area contributed by atoms with E-state index in [0.717, 1.165) is 11.1 Å². The van der Waals surface area contributed by atoms with E-state index in [0.29, 0.717) is 17.2 Å². The average Bonchev–Trinajstić information content (AvgIpc) is 2.80. The van der Waals surface area contributed by atoms with E-state index >= 15 is 0 Å². The smallest absolute Gasteiger partial charge is 0.224 e. The summed E-state index contributed by atoms with van der Waals surface area (Å²) >= 11 is 0. The van der Waals surface area contributed by atoms with Crippen LogP contribution in [0.5, 0.6) is 0 Å². The largest absolute Gasteiger partial charge is 0.235 e. The summed E-state index contributed by atoms with van der Waals surface area (Å²) in [5, 5.41) is 9.23. The lowest BCUT2D eigenvalue weighted by molar-refractivity contribution is 0.630. The van der Waals surface area contributed by atoms with E-state index in [1.165, 1.54) is 12.1 Å². The molecule has 136 valence electrons. The summed E-state index contributed by atoms with van der Waals surface area (Å²) in [7, 11) is 0. The highest BCUT2D eigenvalue weighted by molar-refractivity contribution is 5.71. The third-order valence-corrected chi connectivity index (χ3v) is 4.25. The molecule has 0 radical (unpaired) electrons. The third kappa shape index (κ3) is 3.55. The molecule has 4 rings (SSSR count). The van der Waals surface area contributed by atoms with E-state index in [4.69, 9.17) is 6.57 Å². The second-order valence-electron chi connectivity index (χ2n) is 6.12. The molecule has 0 aliphatic carbocycles.